The van der Waals surface area contributed by atoms with Gasteiger partial charge in [0, 0.05) is 16.4 Å². The van der Waals surface area contributed by atoms with Crippen LogP contribution in [-0.4, -0.2) is 10.1 Å². The van der Waals surface area contributed by atoms with Crippen molar-refractivity contribution in [3.8, 4) is 0 Å². The summed E-state index contributed by atoms with van der Waals surface area (Å²) in [5, 5.41) is 10.6. The van der Waals surface area contributed by atoms with E-state index in [1.807, 2.05) is 18.2 Å². The molecule has 0 amide bonds. The van der Waals surface area contributed by atoms with Crippen LogP contribution in [0.1, 0.15) is 17.4 Å². The van der Waals surface area contributed by atoms with Crippen LogP contribution in [0.15, 0.2) is 41.0 Å². The first-order valence-electron chi connectivity index (χ1n) is 4.45. The summed E-state index contributed by atoms with van der Waals surface area (Å²) in [6.45, 7) is 0. The fourth-order valence-corrected chi connectivity index (χ4v) is 1.89. The molecule has 1 aromatic carbocycles. The molecule has 15 heavy (non-hydrogen) atoms. The van der Waals surface area contributed by atoms with Crippen molar-refractivity contribution in [2.24, 2.45) is 0 Å². The van der Waals surface area contributed by atoms with Crippen LogP contribution < -0.4 is 0 Å². The molecule has 0 radical (unpaired) electrons. The van der Waals surface area contributed by atoms with Crippen molar-refractivity contribution in [1.82, 2.24) is 4.98 Å². The molecule has 0 saturated heterocycles. The number of rotatable bonds is 2. The van der Waals surface area contributed by atoms with Gasteiger partial charge in [-0.3, -0.25) is 0 Å². The van der Waals surface area contributed by atoms with E-state index in [1.165, 1.54) is 0 Å². The number of aliphatic hydroxyl groups is 1. The number of hydrogen-bond acceptors (Lipinski definition) is 1. The lowest BCUT2D eigenvalue weighted by molar-refractivity contribution is 0.216. The molecular formula is C11H9BrClNO. The minimum Gasteiger partial charge on any atom is -0.382 e. The van der Waals surface area contributed by atoms with Crippen molar-refractivity contribution in [3.05, 3.63) is 57.3 Å². The molecule has 1 aromatic heterocycles. The molecule has 2 nitrogen and oxygen atoms in total. The Morgan fingerprint density at radius 1 is 1.33 bits per heavy atom. The molecule has 2 N–H and O–H groups in total. The van der Waals surface area contributed by atoms with Crippen molar-refractivity contribution in [3.63, 3.8) is 0 Å². The molecule has 0 aliphatic carbocycles. The van der Waals surface area contributed by atoms with Crippen LogP contribution in [0, 0.1) is 0 Å². The fraction of sp³-hybridized carbons (Fsp3) is 0.0909. The standard InChI is InChI=1S/C11H9BrClNO/c12-8-6-7(3-4-9(8)13)11(15)10-2-1-5-14-10/h1-6,11,14-15H. The highest BCUT2D eigenvalue weighted by Gasteiger charge is 2.11. The van der Waals surface area contributed by atoms with Gasteiger partial charge in [0.05, 0.1) is 5.02 Å². The molecule has 1 heterocycles. The average Bonchev–Trinajstić information content (AvgIpc) is 2.74. The molecule has 0 aliphatic heterocycles. The van der Waals surface area contributed by atoms with Crippen LogP contribution in [0.4, 0.5) is 0 Å². The van der Waals surface area contributed by atoms with Gasteiger partial charge in [-0.25, -0.2) is 0 Å². The maximum atomic E-state index is 10.0. The topological polar surface area (TPSA) is 36.0 Å². The molecule has 78 valence electrons. The van der Waals surface area contributed by atoms with Crippen molar-refractivity contribution in [1.29, 1.82) is 0 Å². The van der Waals surface area contributed by atoms with E-state index in [-0.39, 0.29) is 0 Å². The fourth-order valence-electron chi connectivity index (χ4n) is 1.38. The second kappa shape index (κ2) is 4.39. The Balaban J connectivity index is 2.34. The summed E-state index contributed by atoms with van der Waals surface area (Å²) in [7, 11) is 0. The third-order valence-electron chi connectivity index (χ3n) is 2.18. The summed E-state index contributed by atoms with van der Waals surface area (Å²) in [6, 6.07) is 9.07. The second-order valence-electron chi connectivity index (χ2n) is 3.20. The molecule has 4 heteroatoms. The molecule has 0 spiro atoms. The monoisotopic (exact) mass is 285 g/mol. The smallest absolute Gasteiger partial charge is 0.119 e. The first kappa shape index (κ1) is 10.7. The van der Waals surface area contributed by atoms with Gasteiger partial charge >= 0.3 is 0 Å². The molecule has 2 rings (SSSR count). The van der Waals surface area contributed by atoms with Crippen LogP contribution in [-0.2, 0) is 0 Å². The first-order chi connectivity index (χ1) is 7.18. The lowest BCUT2D eigenvalue weighted by Crippen LogP contribution is -1.99. The zero-order valence-electron chi connectivity index (χ0n) is 7.74. The van der Waals surface area contributed by atoms with Gasteiger partial charge in [0.25, 0.3) is 0 Å². The zero-order chi connectivity index (χ0) is 10.8. The summed E-state index contributed by atoms with van der Waals surface area (Å²) >= 11 is 9.20. The molecule has 1 atom stereocenters. The largest absolute Gasteiger partial charge is 0.382 e. The summed E-state index contributed by atoms with van der Waals surface area (Å²) < 4.78 is 0.785. The SMILES string of the molecule is OC(c1ccc(Cl)c(Br)c1)c1ccc[nH]1. The van der Waals surface area contributed by atoms with Gasteiger partial charge in [-0.2, -0.15) is 0 Å². The highest BCUT2D eigenvalue weighted by Crippen LogP contribution is 2.28. The quantitative estimate of drug-likeness (QED) is 0.871. The lowest BCUT2D eigenvalue weighted by atomic mass is 10.1. The van der Waals surface area contributed by atoms with Crippen molar-refractivity contribution >= 4 is 27.5 Å². The van der Waals surface area contributed by atoms with Gasteiger partial charge in [0.2, 0.25) is 0 Å². The van der Waals surface area contributed by atoms with Gasteiger partial charge in [-0.1, -0.05) is 17.7 Å². The van der Waals surface area contributed by atoms with E-state index < -0.39 is 6.10 Å². The lowest BCUT2D eigenvalue weighted by Gasteiger charge is -2.10. The predicted molar refractivity (Wildman–Crippen MR) is 64.0 cm³/mol. The molecule has 0 fully saturated rings. The molecule has 1 unspecified atom stereocenters. The predicted octanol–water partition coefficient (Wildman–Crippen LogP) is 3.51. The van der Waals surface area contributed by atoms with E-state index in [2.05, 4.69) is 20.9 Å². The van der Waals surface area contributed by atoms with Gasteiger partial charge in [-0.05, 0) is 45.8 Å². The molecule has 0 saturated carbocycles. The maximum Gasteiger partial charge on any atom is 0.119 e. The highest BCUT2D eigenvalue weighted by molar-refractivity contribution is 9.10. The summed E-state index contributed by atoms with van der Waals surface area (Å²) in [5.41, 5.74) is 1.57. The Bertz CT molecular complexity index is 456. The van der Waals surface area contributed by atoms with Gasteiger partial charge in [0.15, 0.2) is 0 Å². The Kier molecular flexibility index (Phi) is 3.14. The third kappa shape index (κ3) is 2.25. The molecular weight excluding hydrogens is 277 g/mol. The zero-order valence-corrected chi connectivity index (χ0v) is 10.1. The Morgan fingerprint density at radius 2 is 2.13 bits per heavy atom. The third-order valence-corrected chi connectivity index (χ3v) is 3.39. The number of aliphatic hydroxyl groups excluding tert-OH is 1. The number of H-pyrrole nitrogens is 1. The van der Waals surface area contributed by atoms with Crippen LogP contribution >= 0.6 is 27.5 Å². The normalized spacial score (nSPS) is 12.7. The van der Waals surface area contributed by atoms with E-state index in [4.69, 9.17) is 11.6 Å². The van der Waals surface area contributed by atoms with Crippen LogP contribution in [0.2, 0.25) is 5.02 Å². The van der Waals surface area contributed by atoms with Crippen LogP contribution in [0.5, 0.6) is 0 Å². The average molecular weight is 287 g/mol. The van der Waals surface area contributed by atoms with E-state index >= 15 is 0 Å². The van der Waals surface area contributed by atoms with Gasteiger partial charge in [0.1, 0.15) is 6.10 Å². The molecule has 0 aliphatic rings. The number of aromatic nitrogens is 1. The van der Waals surface area contributed by atoms with E-state index in [1.54, 1.807) is 18.3 Å². The molecule has 2 aromatic rings. The molecule has 0 bridgehead atoms. The maximum absolute atomic E-state index is 10.0. The van der Waals surface area contributed by atoms with Crippen molar-refractivity contribution < 1.29 is 5.11 Å². The van der Waals surface area contributed by atoms with Crippen molar-refractivity contribution in [2.45, 2.75) is 6.10 Å². The van der Waals surface area contributed by atoms with Crippen LogP contribution in [0.3, 0.4) is 0 Å². The number of halogens is 2. The van der Waals surface area contributed by atoms with Gasteiger partial charge < -0.3 is 10.1 Å². The number of hydrogen-bond donors (Lipinski definition) is 2. The minimum atomic E-state index is -0.645. The summed E-state index contributed by atoms with van der Waals surface area (Å²) in [5.74, 6) is 0. The van der Waals surface area contributed by atoms with E-state index in [0.717, 1.165) is 15.7 Å². The summed E-state index contributed by atoms with van der Waals surface area (Å²) in [4.78, 5) is 2.97. The van der Waals surface area contributed by atoms with E-state index in [9.17, 15) is 5.11 Å². The first-order valence-corrected chi connectivity index (χ1v) is 5.62. The Morgan fingerprint density at radius 3 is 2.73 bits per heavy atom. The second-order valence-corrected chi connectivity index (χ2v) is 4.46. The summed E-state index contributed by atoms with van der Waals surface area (Å²) in [6.07, 6.45) is 1.14. The van der Waals surface area contributed by atoms with Crippen LogP contribution in [0.25, 0.3) is 0 Å². The number of aromatic amines is 1. The van der Waals surface area contributed by atoms with Crippen molar-refractivity contribution in [2.75, 3.05) is 0 Å². The minimum absolute atomic E-state index is 0.637. The van der Waals surface area contributed by atoms with Gasteiger partial charge in [-0.15, -0.1) is 0 Å². The Hall–Kier alpha value is -0.770. The number of benzene rings is 1. The Labute approximate surface area is 101 Å². The number of nitrogens with one attached hydrogen (secondary N) is 1. The van der Waals surface area contributed by atoms with E-state index in [0.29, 0.717) is 5.02 Å². The highest BCUT2D eigenvalue weighted by atomic mass is 79.9.